The van der Waals surface area contributed by atoms with E-state index in [4.69, 9.17) is 4.74 Å². The average Bonchev–Trinajstić information content (AvgIpc) is 3.55. The van der Waals surface area contributed by atoms with Crippen LogP contribution in [-0.2, 0) is 16.0 Å². The van der Waals surface area contributed by atoms with Crippen LogP contribution in [0.15, 0.2) is 54.7 Å². The molecular formula is C26H21N5O4. The molecule has 3 aliphatic rings. The lowest BCUT2D eigenvalue weighted by atomic mass is 10.1. The molecule has 4 amide bonds. The molecule has 3 aliphatic heterocycles. The molecule has 0 radical (unpaired) electrons. The molecule has 6 rings (SSSR count). The zero-order chi connectivity index (χ0) is 24.3. The Hall–Kier alpha value is -4.45. The van der Waals surface area contributed by atoms with Gasteiger partial charge in [-0.25, -0.2) is 9.69 Å². The van der Waals surface area contributed by atoms with Gasteiger partial charge in [0.25, 0.3) is 5.91 Å². The third kappa shape index (κ3) is 3.06. The van der Waals surface area contributed by atoms with Gasteiger partial charge in [-0.1, -0.05) is 12.1 Å². The highest BCUT2D eigenvalue weighted by Crippen LogP contribution is 2.43. The van der Waals surface area contributed by atoms with Crippen molar-refractivity contribution in [2.75, 3.05) is 18.6 Å². The standard InChI is InChI=1S/C26H21N5O4/c1-35-18-5-2-4-15(10-18)11-22(32)29-14-17-12-21(29)24-25(33)31(26(34)30(17)24)20-8-7-16(13-27)23-19(20)6-3-9-28-23/h2-10,17,21,24H,11-12,14H2,1H3/t17-,21+,24+/m0/s1. The van der Waals surface area contributed by atoms with E-state index in [0.29, 0.717) is 40.9 Å². The van der Waals surface area contributed by atoms with E-state index in [2.05, 4.69) is 11.1 Å². The molecule has 3 atom stereocenters. The number of piperazine rings is 1. The van der Waals surface area contributed by atoms with Crippen LogP contribution in [0.5, 0.6) is 5.75 Å². The van der Waals surface area contributed by atoms with E-state index in [-0.39, 0.29) is 36.3 Å². The first-order valence-corrected chi connectivity index (χ1v) is 11.4. The molecule has 0 saturated carbocycles. The third-order valence-electron chi connectivity index (χ3n) is 7.18. The second kappa shape index (κ2) is 7.81. The lowest BCUT2D eigenvalue weighted by molar-refractivity contribution is -0.135. The smallest absolute Gasteiger partial charge is 0.332 e. The van der Waals surface area contributed by atoms with Gasteiger partial charge in [0, 0.05) is 18.1 Å². The molecule has 0 N–H and O–H groups in total. The number of aromatic nitrogens is 1. The average molecular weight is 467 g/mol. The van der Waals surface area contributed by atoms with Gasteiger partial charge in [0.2, 0.25) is 5.91 Å². The number of hydrogen-bond donors (Lipinski definition) is 0. The number of fused-ring (bicyclic) bond motifs is 6. The van der Waals surface area contributed by atoms with E-state index in [1.807, 2.05) is 24.3 Å². The number of ether oxygens (including phenoxy) is 1. The van der Waals surface area contributed by atoms with Crippen molar-refractivity contribution < 1.29 is 19.1 Å². The maximum absolute atomic E-state index is 13.6. The highest BCUT2D eigenvalue weighted by atomic mass is 16.5. The summed E-state index contributed by atoms with van der Waals surface area (Å²) in [7, 11) is 1.58. The lowest BCUT2D eigenvalue weighted by Gasteiger charge is -2.35. The van der Waals surface area contributed by atoms with Crippen LogP contribution >= 0.6 is 0 Å². The van der Waals surface area contributed by atoms with Crippen LogP contribution < -0.4 is 9.64 Å². The Bertz CT molecular complexity index is 1450. The Kier molecular flexibility index (Phi) is 4.71. The number of carbonyl (C=O) groups is 3. The van der Waals surface area contributed by atoms with Gasteiger partial charge in [0.05, 0.1) is 42.4 Å². The number of urea groups is 1. The van der Waals surface area contributed by atoms with E-state index in [1.165, 1.54) is 4.90 Å². The molecule has 174 valence electrons. The number of imide groups is 1. The van der Waals surface area contributed by atoms with Crippen molar-refractivity contribution in [3.8, 4) is 11.8 Å². The summed E-state index contributed by atoms with van der Waals surface area (Å²) < 4.78 is 5.25. The van der Waals surface area contributed by atoms with Gasteiger partial charge >= 0.3 is 6.03 Å². The molecule has 0 aliphatic carbocycles. The summed E-state index contributed by atoms with van der Waals surface area (Å²) in [5, 5.41) is 9.99. The van der Waals surface area contributed by atoms with Crippen LogP contribution in [0.2, 0.25) is 0 Å². The van der Waals surface area contributed by atoms with Gasteiger partial charge in [-0.2, -0.15) is 5.26 Å². The zero-order valence-corrected chi connectivity index (χ0v) is 18.9. The van der Waals surface area contributed by atoms with Crippen molar-refractivity contribution >= 4 is 34.4 Å². The molecule has 9 heteroatoms. The van der Waals surface area contributed by atoms with Crippen LogP contribution in [0.4, 0.5) is 10.5 Å². The Morgan fingerprint density at radius 1 is 1.20 bits per heavy atom. The lowest BCUT2D eigenvalue weighted by Crippen LogP contribution is -2.55. The van der Waals surface area contributed by atoms with E-state index >= 15 is 0 Å². The maximum Gasteiger partial charge on any atom is 0.332 e. The fourth-order valence-corrected chi connectivity index (χ4v) is 5.67. The Morgan fingerprint density at radius 3 is 2.86 bits per heavy atom. The van der Waals surface area contributed by atoms with Crippen LogP contribution in [0.3, 0.4) is 0 Å². The molecule has 3 aromatic rings. The monoisotopic (exact) mass is 467 g/mol. The van der Waals surface area contributed by atoms with Gasteiger partial charge < -0.3 is 14.5 Å². The number of pyridine rings is 1. The molecule has 9 nitrogen and oxygen atoms in total. The van der Waals surface area contributed by atoms with Gasteiger partial charge in [0.1, 0.15) is 17.9 Å². The first-order valence-electron chi connectivity index (χ1n) is 11.4. The van der Waals surface area contributed by atoms with Crippen molar-refractivity contribution in [3.63, 3.8) is 0 Å². The molecule has 0 unspecified atom stereocenters. The van der Waals surface area contributed by atoms with Gasteiger partial charge in [-0.3, -0.25) is 14.6 Å². The summed E-state index contributed by atoms with van der Waals surface area (Å²) in [5.41, 5.74) is 2.06. The quantitative estimate of drug-likeness (QED) is 0.546. The summed E-state index contributed by atoms with van der Waals surface area (Å²) in [6, 6.07) is 14.5. The Labute approximate surface area is 201 Å². The highest BCUT2D eigenvalue weighted by Gasteiger charge is 2.62. The van der Waals surface area contributed by atoms with Crippen molar-refractivity contribution in [1.82, 2.24) is 14.8 Å². The molecule has 2 aromatic carbocycles. The molecule has 2 bridgehead atoms. The minimum Gasteiger partial charge on any atom is -0.497 e. The second-order valence-corrected chi connectivity index (χ2v) is 8.98. The van der Waals surface area contributed by atoms with Crippen LogP contribution in [0.1, 0.15) is 17.5 Å². The predicted molar refractivity (Wildman–Crippen MR) is 126 cm³/mol. The number of amides is 4. The summed E-state index contributed by atoms with van der Waals surface area (Å²) in [6.45, 7) is 0.409. The molecule has 0 spiro atoms. The first-order chi connectivity index (χ1) is 17.0. The minimum absolute atomic E-state index is 0.0721. The van der Waals surface area contributed by atoms with Crippen LogP contribution in [0.25, 0.3) is 10.9 Å². The van der Waals surface area contributed by atoms with E-state index < -0.39 is 6.04 Å². The number of rotatable bonds is 4. The molecular weight excluding hydrogens is 446 g/mol. The number of nitrogens with zero attached hydrogens (tertiary/aromatic N) is 5. The Balaban J connectivity index is 1.30. The fourth-order valence-electron chi connectivity index (χ4n) is 5.67. The number of benzene rings is 2. The van der Waals surface area contributed by atoms with Gasteiger partial charge in [0.15, 0.2) is 0 Å². The van der Waals surface area contributed by atoms with Crippen molar-refractivity contribution in [1.29, 1.82) is 5.26 Å². The summed E-state index contributed by atoms with van der Waals surface area (Å²) in [5.74, 6) is 0.258. The number of methoxy groups -OCH3 is 1. The molecule has 1 aromatic heterocycles. The number of hydrogen-bond acceptors (Lipinski definition) is 6. The predicted octanol–water partition coefficient (Wildman–Crippen LogP) is 2.48. The number of carbonyl (C=O) groups excluding carboxylic acids is 3. The first kappa shape index (κ1) is 21.1. The van der Waals surface area contributed by atoms with Gasteiger partial charge in [-0.05, 0) is 48.4 Å². The zero-order valence-electron chi connectivity index (χ0n) is 18.9. The van der Waals surface area contributed by atoms with Crippen molar-refractivity contribution in [3.05, 3.63) is 65.9 Å². The third-order valence-corrected chi connectivity index (χ3v) is 7.18. The second-order valence-electron chi connectivity index (χ2n) is 8.98. The summed E-state index contributed by atoms with van der Waals surface area (Å²) >= 11 is 0. The molecule has 35 heavy (non-hydrogen) atoms. The van der Waals surface area contributed by atoms with Crippen molar-refractivity contribution in [2.45, 2.75) is 31.0 Å². The maximum atomic E-state index is 13.6. The van der Waals surface area contributed by atoms with Gasteiger partial charge in [-0.15, -0.1) is 0 Å². The minimum atomic E-state index is -0.710. The largest absolute Gasteiger partial charge is 0.497 e. The number of nitriles is 1. The highest BCUT2D eigenvalue weighted by molar-refractivity contribution is 6.25. The van der Waals surface area contributed by atoms with E-state index in [0.717, 1.165) is 5.56 Å². The van der Waals surface area contributed by atoms with E-state index in [9.17, 15) is 19.6 Å². The van der Waals surface area contributed by atoms with Crippen molar-refractivity contribution in [2.24, 2.45) is 0 Å². The summed E-state index contributed by atoms with van der Waals surface area (Å²) in [6.07, 6.45) is 2.37. The Morgan fingerprint density at radius 2 is 2.06 bits per heavy atom. The van der Waals surface area contributed by atoms with Crippen LogP contribution in [-0.4, -0.2) is 64.4 Å². The summed E-state index contributed by atoms with van der Waals surface area (Å²) in [4.78, 5) is 49.1. The normalized spacial score (nSPS) is 22.6. The molecule has 4 heterocycles. The van der Waals surface area contributed by atoms with E-state index in [1.54, 1.807) is 47.4 Å². The molecule has 3 saturated heterocycles. The van der Waals surface area contributed by atoms with Crippen LogP contribution in [0, 0.1) is 11.3 Å². The topological polar surface area (TPSA) is 107 Å². The fraction of sp³-hybridized carbons (Fsp3) is 0.269. The number of anilines is 1. The molecule has 3 fully saturated rings. The SMILES string of the molecule is COc1cccc(CC(=O)N2C[C@@H]3C[C@@H]2[C@@H]2C(=O)N(c4ccc(C#N)c5ncccc45)C(=O)N32)c1. The number of likely N-dealkylation sites (tertiary alicyclic amines) is 1.